The Labute approximate surface area is 147 Å². The third kappa shape index (κ3) is 4.83. The second-order valence-corrected chi connectivity index (χ2v) is 6.55. The maximum absolute atomic E-state index is 12.3. The van der Waals surface area contributed by atoms with Crippen molar-refractivity contribution in [1.29, 1.82) is 5.26 Å². The zero-order valence-corrected chi connectivity index (χ0v) is 14.3. The van der Waals surface area contributed by atoms with Crippen LogP contribution >= 0.6 is 0 Å². The number of urea groups is 1. The van der Waals surface area contributed by atoms with Gasteiger partial charge in [-0.05, 0) is 43.7 Å². The van der Waals surface area contributed by atoms with Gasteiger partial charge in [0, 0.05) is 38.5 Å². The molecule has 134 valence electrons. The molecule has 25 heavy (non-hydrogen) atoms. The summed E-state index contributed by atoms with van der Waals surface area (Å²) in [6, 6.07) is 5.77. The summed E-state index contributed by atoms with van der Waals surface area (Å²) in [6.07, 6.45) is 5.20. The Bertz CT molecular complexity index is 617. The molecule has 2 aliphatic heterocycles. The molecule has 0 saturated carbocycles. The summed E-state index contributed by atoms with van der Waals surface area (Å²) in [5.41, 5.74) is 0.454. The van der Waals surface area contributed by atoms with E-state index in [0.717, 1.165) is 52.0 Å². The fraction of sp³-hybridized carbons (Fsp3) is 0.611. The Morgan fingerprint density at radius 1 is 1.36 bits per heavy atom. The summed E-state index contributed by atoms with van der Waals surface area (Å²) in [5.74, 6) is 0.769. The molecule has 3 heterocycles. The first-order valence-electron chi connectivity index (χ1n) is 8.87. The van der Waals surface area contributed by atoms with Crippen molar-refractivity contribution in [3.63, 3.8) is 0 Å². The van der Waals surface area contributed by atoms with E-state index in [-0.39, 0.29) is 12.1 Å². The van der Waals surface area contributed by atoms with Crippen molar-refractivity contribution in [1.82, 2.24) is 15.2 Å². The number of rotatable bonds is 4. The molecule has 0 atom stereocenters. The second kappa shape index (κ2) is 8.67. The predicted molar refractivity (Wildman–Crippen MR) is 91.1 cm³/mol. The van der Waals surface area contributed by atoms with Gasteiger partial charge in [-0.25, -0.2) is 9.78 Å². The predicted octanol–water partition coefficient (Wildman–Crippen LogP) is 1.93. The van der Waals surface area contributed by atoms with Crippen LogP contribution in [0.15, 0.2) is 18.3 Å². The number of hydrogen-bond donors (Lipinski definition) is 1. The molecule has 1 aromatic rings. The summed E-state index contributed by atoms with van der Waals surface area (Å²) in [5, 5.41) is 12.2. The van der Waals surface area contributed by atoms with Crippen LogP contribution in [0, 0.1) is 17.2 Å². The molecule has 0 aliphatic carbocycles. The molecule has 7 nitrogen and oxygen atoms in total. The van der Waals surface area contributed by atoms with Gasteiger partial charge in [0.25, 0.3) is 0 Å². The molecule has 0 bridgehead atoms. The van der Waals surface area contributed by atoms with E-state index in [2.05, 4.69) is 16.4 Å². The number of hydrogen-bond acceptors (Lipinski definition) is 5. The average molecular weight is 344 g/mol. The fourth-order valence-electron chi connectivity index (χ4n) is 3.20. The molecule has 7 heteroatoms. The highest BCUT2D eigenvalue weighted by molar-refractivity contribution is 5.74. The van der Waals surface area contributed by atoms with Gasteiger partial charge in [-0.15, -0.1) is 0 Å². The summed E-state index contributed by atoms with van der Waals surface area (Å²) in [7, 11) is 0. The van der Waals surface area contributed by atoms with Gasteiger partial charge >= 0.3 is 6.03 Å². The van der Waals surface area contributed by atoms with Crippen LogP contribution < -0.4 is 10.1 Å². The van der Waals surface area contributed by atoms with Crippen molar-refractivity contribution in [2.75, 3.05) is 32.9 Å². The highest BCUT2D eigenvalue weighted by Crippen LogP contribution is 2.20. The van der Waals surface area contributed by atoms with E-state index in [1.165, 1.54) is 0 Å². The standard InChI is InChI=1S/C18H24N4O3/c19-12-15-2-1-7-20-17(15)25-13-14-3-8-22(9-4-14)18(23)21-16-5-10-24-11-6-16/h1-2,7,14,16H,3-6,8-11,13H2,(H,21,23). The van der Waals surface area contributed by atoms with E-state index < -0.39 is 0 Å². The van der Waals surface area contributed by atoms with Gasteiger partial charge in [0.15, 0.2) is 0 Å². The number of aromatic nitrogens is 1. The lowest BCUT2D eigenvalue weighted by atomic mass is 9.98. The number of likely N-dealkylation sites (tertiary alicyclic amines) is 1. The Hall–Kier alpha value is -2.33. The zero-order chi connectivity index (χ0) is 17.5. The minimum atomic E-state index is 0.0303. The first-order valence-corrected chi connectivity index (χ1v) is 8.87. The SMILES string of the molecule is N#Cc1cccnc1OCC1CCN(C(=O)NC2CCOCC2)CC1. The summed E-state index contributed by atoms with van der Waals surface area (Å²) in [6.45, 7) is 3.44. The van der Waals surface area contributed by atoms with Crippen LogP contribution in [0.5, 0.6) is 5.88 Å². The Balaban J connectivity index is 1.41. The molecule has 2 aliphatic rings. The van der Waals surface area contributed by atoms with Crippen molar-refractivity contribution >= 4 is 6.03 Å². The molecule has 0 radical (unpaired) electrons. The van der Waals surface area contributed by atoms with Gasteiger partial charge in [0.1, 0.15) is 11.6 Å². The van der Waals surface area contributed by atoms with Crippen LogP contribution in [0.3, 0.4) is 0 Å². The van der Waals surface area contributed by atoms with E-state index in [9.17, 15) is 4.79 Å². The van der Waals surface area contributed by atoms with Gasteiger partial charge in [-0.2, -0.15) is 5.26 Å². The Morgan fingerprint density at radius 2 is 2.12 bits per heavy atom. The topological polar surface area (TPSA) is 87.5 Å². The van der Waals surface area contributed by atoms with Crippen molar-refractivity contribution in [3.8, 4) is 11.9 Å². The monoisotopic (exact) mass is 344 g/mol. The summed E-state index contributed by atoms with van der Waals surface area (Å²) in [4.78, 5) is 18.3. The highest BCUT2D eigenvalue weighted by Gasteiger charge is 2.25. The summed E-state index contributed by atoms with van der Waals surface area (Å²) >= 11 is 0. The van der Waals surface area contributed by atoms with Crippen LogP contribution in [0.25, 0.3) is 0 Å². The maximum atomic E-state index is 12.3. The van der Waals surface area contributed by atoms with E-state index in [1.54, 1.807) is 18.3 Å². The van der Waals surface area contributed by atoms with Crippen LogP contribution in [0.4, 0.5) is 4.79 Å². The number of pyridine rings is 1. The Kier molecular flexibility index (Phi) is 6.07. The minimum absolute atomic E-state index is 0.0303. The van der Waals surface area contributed by atoms with Gasteiger partial charge in [0.2, 0.25) is 5.88 Å². The van der Waals surface area contributed by atoms with E-state index >= 15 is 0 Å². The molecule has 0 aromatic carbocycles. The van der Waals surface area contributed by atoms with Gasteiger partial charge in [-0.1, -0.05) is 0 Å². The fourth-order valence-corrected chi connectivity index (χ4v) is 3.20. The molecule has 2 fully saturated rings. The smallest absolute Gasteiger partial charge is 0.317 e. The van der Waals surface area contributed by atoms with Crippen molar-refractivity contribution in [3.05, 3.63) is 23.9 Å². The highest BCUT2D eigenvalue weighted by atomic mass is 16.5. The maximum Gasteiger partial charge on any atom is 0.317 e. The van der Waals surface area contributed by atoms with Crippen molar-refractivity contribution < 1.29 is 14.3 Å². The first kappa shape index (κ1) is 17.5. The molecular weight excluding hydrogens is 320 g/mol. The lowest BCUT2D eigenvalue weighted by Crippen LogP contribution is -2.49. The zero-order valence-electron chi connectivity index (χ0n) is 14.3. The van der Waals surface area contributed by atoms with Crippen LogP contribution in [0.2, 0.25) is 0 Å². The number of ether oxygens (including phenoxy) is 2. The van der Waals surface area contributed by atoms with Gasteiger partial charge in [0.05, 0.1) is 6.61 Å². The molecule has 0 unspecified atom stereocenters. The molecule has 0 spiro atoms. The lowest BCUT2D eigenvalue weighted by Gasteiger charge is -2.33. The molecular formula is C18H24N4O3. The normalized spacial score (nSPS) is 19.2. The van der Waals surface area contributed by atoms with E-state index in [1.807, 2.05) is 4.90 Å². The average Bonchev–Trinajstić information content (AvgIpc) is 2.67. The quantitative estimate of drug-likeness (QED) is 0.902. The number of carbonyl (C=O) groups excluding carboxylic acids is 1. The molecule has 1 aromatic heterocycles. The molecule has 1 N–H and O–H groups in total. The third-order valence-electron chi connectivity index (χ3n) is 4.80. The largest absolute Gasteiger partial charge is 0.476 e. The molecule has 2 amide bonds. The minimum Gasteiger partial charge on any atom is -0.476 e. The van der Waals surface area contributed by atoms with Crippen LogP contribution in [-0.4, -0.2) is 54.9 Å². The van der Waals surface area contributed by atoms with Crippen molar-refractivity contribution in [2.24, 2.45) is 5.92 Å². The summed E-state index contributed by atoms with van der Waals surface area (Å²) < 4.78 is 11.0. The van der Waals surface area contributed by atoms with Gasteiger partial charge in [-0.3, -0.25) is 0 Å². The van der Waals surface area contributed by atoms with E-state index in [0.29, 0.717) is 24.0 Å². The number of nitriles is 1. The lowest BCUT2D eigenvalue weighted by molar-refractivity contribution is 0.0765. The second-order valence-electron chi connectivity index (χ2n) is 6.55. The number of piperidine rings is 1. The third-order valence-corrected chi connectivity index (χ3v) is 4.80. The number of nitrogens with zero attached hydrogens (tertiary/aromatic N) is 3. The van der Waals surface area contributed by atoms with Crippen LogP contribution in [0.1, 0.15) is 31.2 Å². The molecule has 2 saturated heterocycles. The van der Waals surface area contributed by atoms with Crippen LogP contribution in [-0.2, 0) is 4.74 Å². The van der Waals surface area contributed by atoms with E-state index in [4.69, 9.17) is 14.7 Å². The number of carbonyl (C=O) groups is 1. The Morgan fingerprint density at radius 3 is 2.84 bits per heavy atom. The number of nitrogens with one attached hydrogen (secondary N) is 1. The van der Waals surface area contributed by atoms with Gasteiger partial charge < -0.3 is 19.7 Å². The number of amides is 2. The first-order chi connectivity index (χ1) is 12.3. The van der Waals surface area contributed by atoms with Crippen molar-refractivity contribution in [2.45, 2.75) is 31.7 Å². The molecule has 3 rings (SSSR count).